The maximum atomic E-state index is 9.89. The van der Waals surface area contributed by atoms with Crippen LogP contribution in [0, 0.1) is 5.41 Å². The molecule has 35 heavy (non-hydrogen) atoms. The highest BCUT2D eigenvalue weighted by atomic mass is 14.9. The number of aryl methyl sites for hydroxylation is 1. The third-order valence-corrected chi connectivity index (χ3v) is 6.54. The summed E-state index contributed by atoms with van der Waals surface area (Å²) in [5, 5.41) is 9.56. The lowest BCUT2D eigenvalue weighted by Crippen LogP contribution is -2.33. The maximum absolute atomic E-state index is 9.89. The number of nitrogen functional groups attached to an aromatic ring is 2. The van der Waals surface area contributed by atoms with Gasteiger partial charge in [-0.3, -0.25) is 10.4 Å². The Bertz CT molecular complexity index is 1580. The number of hydrogen-bond acceptors (Lipinski definition) is 4. The SMILES string of the molecule is CCc1c(-c2ccccc2)c(-c2cccc(C(=N)N)c2)c(N)c2cnc3c(c12)C(=[N+]=[N-])C(N)C=C3. The fraction of sp³-hybridized carbons (Fsp3) is 0.107. The summed E-state index contributed by atoms with van der Waals surface area (Å²) >= 11 is 0. The van der Waals surface area contributed by atoms with Crippen LogP contribution >= 0.6 is 0 Å². The number of benzene rings is 3. The highest BCUT2D eigenvalue weighted by Crippen LogP contribution is 2.46. The Kier molecular flexibility index (Phi) is 5.49. The quantitative estimate of drug-likeness (QED) is 0.118. The Balaban J connectivity index is 2.01. The first-order valence-corrected chi connectivity index (χ1v) is 11.4. The summed E-state index contributed by atoms with van der Waals surface area (Å²) in [4.78, 5) is 8.19. The van der Waals surface area contributed by atoms with Gasteiger partial charge < -0.3 is 22.7 Å². The number of pyridine rings is 1. The van der Waals surface area contributed by atoms with Gasteiger partial charge in [-0.25, -0.2) is 0 Å². The Hall–Kier alpha value is -4.58. The van der Waals surface area contributed by atoms with E-state index in [0.29, 0.717) is 34.6 Å². The molecule has 0 radical (unpaired) electrons. The molecule has 0 aliphatic heterocycles. The number of nitrogens with two attached hydrogens (primary N) is 3. The normalized spacial score (nSPS) is 14.6. The van der Waals surface area contributed by atoms with Crippen LogP contribution in [0.3, 0.4) is 0 Å². The topological polar surface area (TPSA) is 151 Å². The molecule has 1 atom stereocenters. The molecule has 1 heterocycles. The van der Waals surface area contributed by atoms with E-state index < -0.39 is 6.04 Å². The summed E-state index contributed by atoms with van der Waals surface area (Å²) in [6.07, 6.45) is 6.08. The Morgan fingerprint density at radius 1 is 1.06 bits per heavy atom. The van der Waals surface area contributed by atoms with E-state index in [2.05, 4.69) is 28.8 Å². The molecule has 5 rings (SSSR count). The van der Waals surface area contributed by atoms with Gasteiger partial charge in [-0.1, -0.05) is 61.5 Å². The Labute approximate surface area is 203 Å². The maximum Gasteiger partial charge on any atom is 0.322 e. The predicted octanol–water partition coefficient (Wildman–Crippen LogP) is 4.37. The summed E-state index contributed by atoms with van der Waals surface area (Å²) in [6, 6.07) is 17.1. The summed E-state index contributed by atoms with van der Waals surface area (Å²) in [5.41, 5.74) is 36.5. The van der Waals surface area contributed by atoms with Crippen LogP contribution in [0.1, 0.15) is 29.3 Å². The van der Waals surface area contributed by atoms with Gasteiger partial charge in [0, 0.05) is 33.8 Å². The molecule has 7 nitrogen and oxygen atoms in total. The molecule has 0 fully saturated rings. The van der Waals surface area contributed by atoms with Crippen molar-refractivity contribution in [2.75, 3.05) is 5.73 Å². The Morgan fingerprint density at radius 2 is 1.80 bits per heavy atom. The minimum atomic E-state index is -0.557. The van der Waals surface area contributed by atoms with Crippen molar-refractivity contribution in [3.05, 3.63) is 94.8 Å². The molecule has 0 saturated heterocycles. The predicted molar refractivity (Wildman–Crippen MR) is 142 cm³/mol. The van der Waals surface area contributed by atoms with Crippen LogP contribution in [-0.4, -0.2) is 27.4 Å². The van der Waals surface area contributed by atoms with Gasteiger partial charge in [0.1, 0.15) is 11.9 Å². The van der Waals surface area contributed by atoms with E-state index in [1.807, 2.05) is 48.5 Å². The van der Waals surface area contributed by atoms with E-state index in [9.17, 15) is 5.53 Å². The number of hydrogen-bond donors (Lipinski definition) is 4. The zero-order valence-electron chi connectivity index (χ0n) is 19.3. The monoisotopic (exact) mass is 459 g/mol. The molecule has 1 unspecified atom stereocenters. The first kappa shape index (κ1) is 22.2. The molecule has 0 bridgehead atoms. The van der Waals surface area contributed by atoms with Gasteiger partial charge >= 0.3 is 5.71 Å². The molecule has 1 aliphatic carbocycles. The lowest BCUT2D eigenvalue weighted by Gasteiger charge is -2.23. The van der Waals surface area contributed by atoms with E-state index in [1.54, 1.807) is 12.3 Å². The van der Waals surface area contributed by atoms with Crippen molar-refractivity contribution < 1.29 is 4.79 Å². The fourth-order valence-corrected chi connectivity index (χ4v) is 4.96. The molecule has 0 saturated carbocycles. The number of fused-ring (bicyclic) bond motifs is 3. The minimum absolute atomic E-state index is 0.0107. The molecular weight excluding hydrogens is 434 g/mol. The number of nitrogens with one attached hydrogen (secondary N) is 1. The average molecular weight is 460 g/mol. The van der Waals surface area contributed by atoms with Crippen molar-refractivity contribution >= 4 is 34.1 Å². The Morgan fingerprint density at radius 3 is 2.49 bits per heavy atom. The standard InChI is InChI=1S/C28H25N7/c1-2-18-22(15-7-4-3-5-8-15)23(16-9-6-10-17(13-16)28(31)32)26(30)19-14-34-21-12-11-20(29)27(35-33)25(21)24(18)19/h3-14,20H,2,29-30H2,1H3,(H3,31,32). The van der Waals surface area contributed by atoms with Crippen LogP contribution < -0.4 is 17.2 Å². The van der Waals surface area contributed by atoms with Crippen LogP contribution in [0.25, 0.3) is 44.6 Å². The van der Waals surface area contributed by atoms with Crippen molar-refractivity contribution in [1.29, 1.82) is 5.41 Å². The van der Waals surface area contributed by atoms with E-state index in [1.165, 1.54) is 0 Å². The van der Waals surface area contributed by atoms with Gasteiger partial charge in [0.25, 0.3) is 0 Å². The second-order valence-corrected chi connectivity index (χ2v) is 8.53. The molecule has 3 aromatic carbocycles. The highest BCUT2D eigenvalue weighted by Gasteiger charge is 2.32. The molecule has 1 aliphatic rings. The molecule has 0 amide bonds. The van der Waals surface area contributed by atoms with Gasteiger partial charge in [-0.15, -0.1) is 0 Å². The highest BCUT2D eigenvalue weighted by molar-refractivity contribution is 6.21. The summed E-state index contributed by atoms with van der Waals surface area (Å²) in [6.45, 7) is 2.09. The lowest BCUT2D eigenvalue weighted by atomic mass is 9.81. The molecule has 4 aromatic rings. The van der Waals surface area contributed by atoms with Crippen molar-refractivity contribution in [2.45, 2.75) is 19.4 Å². The zero-order chi connectivity index (χ0) is 24.7. The van der Waals surface area contributed by atoms with Crippen LogP contribution in [0.2, 0.25) is 0 Å². The van der Waals surface area contributed by atoms with E-state index in [-0.39, 0.29) is 5.84 Å². The number of nitrogens with zero attached hydrogens (tertiary/aromatic N) is 3. The number of rotatable bonds is 4. The molecular formula is C28H25N7. The van der Waals surface area contributed by atoms with Gasteiger partial charge in [0.15, 0.2) is 0 Å². The van der Waals surface area contributed by atoms with Crippen molar-refractivity contribution in [2.24, 2.45) is 11.5 Å². The van der Waals surface area contributed by atoms with E-state index in [4.69, 9.17) is 22.6 Å². The van der Waals surface area contributed by atoms with Gasteiger partial charge in [-0.2, -0.15) is 4.79 Å². The van der Waals surface area contributed by atoms with Crippen LogP contribution in [-0.2, 0) is 6.42 Å². The first-order valence-electron chi connectivity index (χ1n) is 11.4. The van der Waals surface area contributed by atoms with Crippen LogP contribution in [0.5, 0.6) is 0 Å². The van der Waals surface area contributed by atoms with E-state index in [0.717, 1.165) is 38.6 Å². The van der Waals surface area contributed by atoms with Crippen LogP contribution in [0.15, 0.2) is 66.9 Å². The summed E-state index contributed by atoms with van der Waals surface area (Å²) in [7, 11) is 0. The number of aromatic nitrogens is 1. The second kappa shape index (κ2) is 8.65. The van der Waals surface area contributed by atoms with Gasteiger partial charge in [0.05, 0.1) is 11.3 Å². The molecule has 7 N–H and O–H groups in total. The van der Waals surface area contributed by atoms with Crippen molar-refractivity contribution in [3.63, 3.8) is 0 Å². The number of anilines is 1. The van der Waals surface area contributed by atoms with Gasteiger partial charge in [-0.05, 0) is 40.8 Å². The summed E-state index contributed by atoms with van der Waals surface area (Å²) < 4.78 is 0. The summed E-state index contributed by atoms with van der Waals surface area (Å²) in [5.74, 6) is -0.0107. The third kappa shape index (κ3) is 3.51. The zero-order valence-corrected chi connectivity index (χ0v) is 19.3. The first-order chi connectivity index (χ1) is 17.0. The molecule has 0 spiro atoms. The van der Waals surface area contributed by atoms with E-state index >= 15 is 0 Å². The third-order valence-electron chi connectivity index (χ3n) is 6.54. The molecule has 1 aromatic heterocycles. The fourth-order valence-electron chi connectivity index (χ4n) is 4.96. The van der Waals surface area contributed by atoms with Crippen molar-refractivity contribution in [3.8, 4) is 22.3 Å². The molecule has 7 heteroatoms. The smallest absolute Gasteiger partial charge is 0.322 e. The van der Waals surface area contributed by atoms with Crippen LogP contribution in [0.4, 0.5) is 5.69 Å². The molecule has 172 valence electrons. The number of amidine groups is 1. The average Bonchev–Trinajstić information content (AvgIpc) is 2.88. The van der Waals surface area contributed by atoms with Crippen molar-refractivity contribution in [1.82, 2.24) is 4.98 Å². The lowest BCUT2D eigenvalue weighted by molar-refractivity contribution is -0.00726. The largest absolute Gasteiger partial charge is 0.398 e. The van der Waals surface area contributed by atoms with Gasteiger partial charge in [0.2, 0.25) is 0 Å². The minimum Gasteiger partial charge on any atom is -0.398 e. The second-order valence-electron chi connectivity index (χ2n) is 8.53.